The molecule has 10 nitrogen and oxygen atoms in total. The molecule has 5 N–H and O–H groups in total. The topological polar surface area (TPSA) is 134 Å². The molecular formula is C27H36Cl2N8O2. The van der Waals surface area contributed by atoms with E-state index in [2.05, 4.69) is 36.9 Å². The summed E-state index contributed by atoms with van der Waals surface area (Å²) < 4.78 is 0. The molecule has 1 unspecified atom stereocenters. The molecule has 2 aliphatic heterocycles. The Balaban J connectivity index is 1.19. The van der Waals surface area contributed by atoms with Crippen molar-refractivity contribution in [3.63, 3.8) is 0 Å². The largest absolute Gasteiger partial charge is 0.382 e. The highest BCUT2D eigenvalue weighted by Gasteiger charge is 2.35. The van der Waals surface area contributed by atoms with E-state index in [1.54, 1.807) is 6.07 Å². The molecule has 0 bridgehead atoms. The van der Waals surface area contributed by atoms with E-state index in [-0.39, 0.29) is 28.6 Å². The van der Waals surface area contributed by atoms with E-state index >= 15 is 0 Å². The van der Waals surface area contributed by atoms with Crippen molar-refractivity contribution in [1.82, 2.24) is 25.1 Å². The Morgan fingerprint density at radius 2 is 1.82 bits per heavy atom. The van der Waals surface area contributed by atoms with Crippen molar-refractivity contribution >= 4 is 46.7 Å². The summed E-state index contributed by atoms with van der Waals surface area (Å²) in [4.78, 5) is 40.3. The van der Waals surface area contributed by atoms with Gasteiger partial charge in [-0.2, -0.15) is 0 Å². The molecule has 0 radical (unpaired) electrons. The van der Waals surface area contributed by atoms with Crippen LogP contribution in [0.5, 0.6) is 0 Å². The predicted molar refractivity (Wildman–Crippen MR) is 153 cm³/mol. The number of hydrogen-bond donors (Lipinski definition) is 3. The maximum absolute atomic E-state index is 12.5. The summed E-state index contributed by atoms with van der Waals surface area (Å²) in [6, 6.07) is 6.38. The van der Waals surface area contributed by atoms with Crippen LogP contribution in [0.15, 0.2) is 18.2 Å². The van der Waals surface area contributed by atoms with Gasteiger partial charge in [-0.15, -0.1) is 0 Å². The van der Waals surface area contributed by atoms with E-state index in [9.17, 15) is 9.59 Å². The number of carbonyl (C=O) groups excluding carboxylic acids is 2. The van der Waals surface area contributed by atoms with Crippen LogP contribution in [0, 0.1) is 0 Å². The molecule has 1 aromatic carbocycles. The van der Waals surface area contributed by atoms with Gasteiger partial charge in [-0.25, -0.2) is 9.97 Å². The van der Waals surface area contributed by atoms with Gasteiger partial charge in [0, 0.05) is 54.9 Å². The smallest absolute Gasteiger partial charge is 0.274 e. The minimum absolute atomic E-state index is 0.0923. The molecule has 210 valence electrons. The Labute approximate surface area is 239 Å². The van der Waals surface area contributed by atoms with E-state index in [1.165, 1.54) is 0 Å². The number of nitrogens with two attached hydrogens (primary N) is 2. The summed E-state index contributed by atoms with van der Waals surface area (Å²) in [5.41, 5.74) is 13.2. The Kier molecular flexibility index (Phi) is 8.46. The zero-order valence-corrected chi connectivity index (χ0v) is 23.7. The molecule has 12 heteroatoms. The monoisotopic (exact) mass is 574 g/mol. The molecule has 0 spiro atoms. The summed E-state index contributed by atoms with van der Waals surface area (Å²) in [6.07, 6.45) is 5.05. The molecule has 2 amide bonds. The maximum Gasteiger partial charge on any atom is 0.274 e. The van der Waals surface area contributed by atoms with E-state index in [1.807, 2.05) is 12.1 Å². The molecule has 1 atom stereocenters. The number of halogens is 2. The quantitative estimate of drug-likeness (QED) is 0.438. The van der Waals surface area contributed by atoms with E-state index < -0.39 is 5.91 Å². The molecular weight excluding hydrogens is 539 g/mol. The number of primary amides is 1. The number of nitrogen functional groups attached to an aromatic ring is 1. The Hall–Kier alpha value is -2.66. The summed E-state index contributed by atoms with van der Waals surface area (Å²) in [5.74, 6) is -0.122. The van der Waals surface area contributed by atoms with Gasteiger partial charge in [0.1, 0.15) is 0 Å². The van der Waals surface area contributed by atoms with Crippen LogP contribution >= 0.6 is 23.2 Å². The van der Waals surface area contributed by atoms with Crippen molar-refractivity contribution in [2.24, 2.45) is 5.73 Å². The van der Waals surface area contributed by atoms with Crippen molar-refractivity contribution < 1.29 is 9.59 Å². The summed E-state index contributed by atoms with van der Waals surface area (Å²) in [6.45, 7) is 7.18. The lowest BCUT2D eigenvalue weighted by molar-refractivity contribution is 0.0609. The number of nitrogens with zero attached hydrogens (tertiary/aromatic N) is 5. The molecule has 2 saturated heterocycles. The van der Waals surface area contributed by atoms with Crippen molar-refractivity contribution in [1.29, 1.82) is 0 Å². The fraction of sp³-hybridized carbons (Fsp3) is 0.556. The molecule has 1 aliphatic carbocycles. The predicted octanol–water partition coefficient (Wildman–Crippen LogP) is 2.92. The van der Waals surface area contributed by atoms with Crippen LogP contribution in [-0.4, -0.2) is 82.4 Å². The first-order valence-corrected chi connectivity index (χ1v) is 14.4. The first kappa shape index (κ1) is 27.9. The van der Waals surface area contributed by atoms with Gasteiger partial charge in [-0.05, 0) is 62.9 Å². The zero-order valence-electron chi connectivity index (χ0n) is 22.2. The molecule has 1 aromatic heterocycles. The third-order valence-electron chi connectivity index (χ3n) is 8.05. The molecule has 3 aliphatic rings. The number of aromatic nitrogens is 2. The lowest BCUT2D eigenvalue weighted by Gasteiger charge is -2.47. The number of rotatable bonds is 8. The van der Waals surface area contributed by atoms with Crippen molar-refractivity contribution in [3.05, 3.63) is 45.2 Å². The summed E-state index contributed by atoms with van der Waals surface area (Å²) >= 11 is 12.6. The first-order chi connectivity index (χ1) is 18.7. The van der Waals surface area contributed by atoms with Gasteiger partial charge in [0.25, 0.3) is 5.91 Å². The van der Waals surface area contributed by atoms with Gasteiger partial charge in [0.2, 0.25) is 5.91 Å². The van der Waals surface area contributed by atoms with Gasteiger partial charge < -0.3 is 21.7 Å². The Bertz CT molecular complexity index is 1230. The lowest BCUT2D eigenvalue weighted by atomic mass is 9.97. The Morgan fingerprint density at radius 3 is 2.49 bits per heavy atom. The molecule has 1 saturated carbocycles. The van der Waals surface area contributed by atoms with Crippen LogP contribution in [0.2, 0.25) is 10.2 Å². The number of carbonyl (C=O) groups is 2. The van der Waals surface area contributed by atoms with Gasteiger partial charge in [-0.3, -0.25) is 19.4 Å². The van der Waals surface area contributed by atoms with Crippen molar-refractivity contribution in [3.8, 4) is 0 Å². The van der Waals surface area contributed by atoms with Crippen LogP contribution in [0.3, 0.4) is 0 Å². The van der Waals surface area contributed by atoms with Crippen LogP contribution in [-0.2, 0) is 6.54 Å². The first-order valence-electron chi connectivity index (χ1n) is 13.7. The SMILES string of the molecule is CCC1CN(c2nc(N)c(C(=O)NC3CC3)nc2Cl)CCN1C1CCN(Cc2ccc(Cl)cc2C(N)=O)CC1. The lowest BCUT2D eigenvalue weighted by Crippen LogP contribution is -2.58. The molecule has 3 fully saturated rings. The number of likely N-dealkylation sites (tertiary alicyclic amines) is 1. The average molecular weight is 576 g/mol. The van der Waals surface area contributed by atoms with Gasteiger partial charge in [-0.1, -0.05) is 36.2 Å². The maximum atomic E-state index is 12.5. The van der Waals surface area contributed by atoms with E-state index in [0.29, 0.717) is 35.0 Å². The number of piperidine rings is 1. The van der Waals surface area contributed by atoms with Crippen LogP contribution < -0.4 is 21.7 Å². The molecule has 2 aromatic rings. The second kappa shape index (κ2) is 11.8. The van der Waals surface area contributed by atoms with Crippen molar-refractivity contribution in [2.45, 2.75) is 63.7 Å². The number of hydrogen-bond acceptors (Lipinski definition) is 8. The van der Waals surface area contributed by atoms with Crippen LogP contribution in [0.1, 0.15) is 65.4 Å². The summed E-state index contributed by atoms with van der Waals surface area (Å²) in [7, 11) is 0. The molecule has 39 heavy (non-hydrogen) atoms. The Morgan fingerprint density at radius 1 is 1.08 bits per heavy atom. The molecule has 3 heterocycles. The van der Waals surface area contributed by atoms with Crippen LogP contribution in [0.25, 0.3) is 0 Å². The van der Waals surface area contributed by atoms with Gasteiger partial charge >= 0.3 is 0 Å². The van der Waals surface area contributed by atoms with Gasteiger partial charge in [0.05, 0.1) is 0 Å². The summed E-state index contributed by atoms with van der Waals surface area (Å²) in [5, 5.41) is 3.61. The third-order valence-corrected chi connectivity index (χ3v) is 8.54. The normalized spacial score (nSPS) is 21.2. The second-order valence-electron chi connectivity index (χ2n) is 10.7. The number of anilines is 2. The number of benzene rings is 1. The third kappa shape index (κ3) is 6.40. The minimum Gasteiger partial charge on any atom is -0.382 e. The highest BCUT2D eigenvalue weighted by atomic mass is 35.5. The average Bonchev–Trinajstić information content (AvgIpc) is 3.74. The van der Waals surface area contributed by atoms with E-state index in [0.717, 1.165) is 70.4 Å². The fourth-order valence-corrected chi connectivity index (χ4v) is 6.16. The van der Waals surface area contributed by atoms with E-state index in [4.69, 9.17) is 34.7 Å². The molecule has 5 rings (SSSR count). The van der Waals surface area contributed by atoms with Gasteiger partial charge in [0.15, 0.2) is 22.5 Å². The fourth-order valence-electron chi connectivity index (χ4n) is 5.74. The minimum atomic E-state index is -0.450. The standard InChI is InChI=1S/C27H36Cl2N8O2/c1-2-19-15-36(26-23(29)33-22(24(30)34-26)27(39)32-18-5-6-18)11-12-37(19)20-7-9-35(10-8-20)14-16-3-4-17(28)13-21(16)25(31)38/h3-4,13,18-20H,2,5-12,14-15H2,1H3,(H2,30,34)(H2,31,38)(H,32,39). The number of piperazine rings is 1. The highest BCUT2D eigenvalue weighted by Crippen LogP contribution is 2.30. The van der Waals surface area contributed by atoms with Crippen molar-refractivity contribution in [2.75, 3.05) is 43.4 Å². The number of nitrogens with one attached hydrogen (secondary N) is 1. The number of amides is 2. The second-order valence-corrected chi connectivity index (χ2v) is 11.5. The highest BCUT2D eigenvalue weighted by molar-refractivity contribution is 6.32. The van der Waals surface area contributed by atoms with Crippen LogP contribution in [0.4, 0.5) is 11.6 Å². The zero-order chi connectivity index (χ0) is 27.7.